The van der Waals surface area contributed by atoms with E-state index in [0.717, 1.165) is 5.56 Å². The lowest BCUT2D eigenvalue weighted by molar-refractivity contribution is 0.415. The third kappa shape index (κ3) is 3.71. The van der Waals surface area contributed by atoms with E-state index in [0.29, 0.717) is 17.1 Å². The first-order chi connectivity index (χ1) is 15.1. The fourth-order valence-electron chi connectivity index (χ4n) is 2.96. The van der Waals surface area contributed by atoms with E-state index in [-0.39, 0.29) is 28.7 Å². The predicted molar refractivity (Wildman–Crippen MR) is 115 cm³/mol. The summed E-state index contributed by atoms with van der Waals surface area (Å²) in [4.78, 5) is 9.02. The van der Waals surface area contributed by atoms with Crippen molar-refractivity contribution in [2.45, 2.75) is 0 Å². The summed E-state index contributed by atoms with van der Waals surface area (Å²) in [7, 11) is 1.59. The van der Waals surface area contributed by atoms with Crippen LogP contribution in [0.1, 0.15) is 11.1 Å². The Hall–Kier alpha value is -4.89. The van der Waals surface area contributed by atoms with Crippen LogP contribution in [0.15, 0.2) is 60.8 Å². The van der Waals surface area contributed by atoms with E-state index < -0.39 is 0 Å². The first-order valence-corrected chi connectivity index (χ1v) is 9.17. The molecule has 9 heteroatoms. The molecule has 0 aliphatic rings. The van der Waals surface area contributed by atoms with Gasteiger partial charge in [-0.2, -0.15) is 25.3 Å². The third-order valence-electron chi connectivity index (χ3n) is 4.53. The van der Waals surface area contributed by atoms with E-state index in [1.807, 2.05) is 36.4 Å². The van der Waals surface area contributed by atoms with E-state index >= 15 is 0 Å². The van der Waals surface area contributed by atoms with E-state index in [1.165, 1.54) is 10.9 Å². The molecule has 0 saturated carbocycles. The summed E-state index contributed by atoms with van der Waals surface area (Å²) in [5, 5.41) is 26.4. The zero-order valence-electron chi connectivity index (χ0n) is 16.4. The zero-order chi connectivity index (χ0) is 21.8. The molecule has 3 N–H and O–H groups in total. The maximum Gasteiger partial charge on any atom is 0.255 e. The van der Waals surface area contributed by atoms with Gasteiger partial charge in [-0.25, -0.2) is 4.98 Å². The molecule has 4 rings (SSSR count). The van der Waals surface area contributed by atoms with Crippen molar-refractivity contribution in [2.75, 3.05) is 18.2 Å². The molecule has 150 valence electrons. The molecule has 0 aliphatic carbocycles. The zero-order valence-corrected chi connectivity index (χ0v) is 16.4. The topological polar surface area (TPSA) is 138 Å². The highest BCUT2D eigenvalue weighted by Crippen LogP contribution is 2.30. The summed E-state index contributed by atoms with van der Waals surface area (Å²) in [5.41, 5.74) is 8.35. The molecule has 0 fully saturated rings. The number of nitrogens with two attached hydrogens (primary N) is 1. The lowest BCUT2D eigenvalue weighted by Crippen LogP contribution is -2.11. The monoisotopic (exact) mass is 408 g/mol. The normalized spacial score (nSPS) is 10.2. The second-order valence-corrected chi connectivity index (χ2v) is 6.39. The number of ether oxygens (including phenoxy) is 1. The fourth-order valence-corrected chi connectivity index (χ4v) is 2.96. The van der Waals surface area contributed by atoms with E-state index in [4.69, 9.17) is 10.5 Å². The Bertz CT molecular complexity index is 1310. The summed E-state index contributed by atoms with van der Waals surface area (Å²) in [6.45, 7) is 0. The third-order valence-corrected chi connectivity index (χ3v) is 4.53. The van der Waals surface area contributed by atoms with Crippen molar-refractivity contribution in [3.8, 4) is 35.1 Å². The molecule has 0 atom stereocenters. The summed E-state index contributed by atoms with van der Waals surface area (Å²) in [5.74, 6) is 1.23. The number of nitrogen functional groups attached to an aromatic ring is 1. The fraction of sp³-hybridized carbons (Fsp3) is 0.0455. The van der Waals surface area contributed by atoms with Gasteiger partial charge in [0.25, 0.3) is 5.95 Å². The molecular formula is C22H16N8O. The Morgan fingerprint density at radius 3 is 2.35 bits per heavy atom. The van der Waals surface area contributed by atoms with Crippen LogP contribution in [0.25, 0.3) is 17.2 Å². The molecule has 31 heavy (non-hydrogen) atoms. The standard InChI is InChI=1S/C22H16N8O/c1-31-17-9-7-16(8-10-17)27-21-18(12-24)19(14-5-3-2-4-6-14)28-22(29-21)30-20(25)15(11-23)13-26-30/h2-10,13H,25H2,1H3,(H,27,28,29). The quantitative estimate of drug-likeness (QED) is 0.512. The SMILES string of the molecule is COc1ccc(Nc2nc(-n3ncc(C#N)c3N)nc(-c3ccccc3)c2C#N)cc1. The number of aromatic nitrogens is 4. The minimum Gasteiger partial charge on any atom is -0.497 e. The highest BCUT2D eigenvalue weighted by molar-refractivity contribution is 5.76. The van der Waals surface area contributed by atoms with Crippen molar-refractivity contribution in [3.63, 3.8) is 0 Å². The summed E-state index contributed by atoms with van der Waals surface area (Å²) < 4.78 is 6.46. The van der Waals surface area contributed by atoms with Crippen LogP contribution in [0.3, 0.4) is 0 Å². The largest absolute Gasteiger partial charge is 0.497 e. The predicted octanol–water partition coefficient (Wildman–Crippen LogP) is 3.41. The van der Waals surface area contributed by atoms with Gasteiger partial charge in [-0.1, -0.05) is 30.3 Å². The Kier molecular flexibility index (Phi) is 5.16. The lowest BCUT2D eigenvalue weighted by Gasteiger charge is -2.14. The smallest absolute Gasteiger partial charge is 0.255 e. The molecule has 2 aromatic carbocycles. The highest BCUT2D eigenvalue weighted by Gasteiger charge is 2.19. The second kappa shape index (κ2) is 8.23. The number of rotatable bonds is 5. The average molecular weight is 408 g/mol. The van der Waals surface area contributed by atoms with E-state index in [1.54, 1.807) is 31.4 Å². The van der Waals surface area contributed by atoms with Crippen molar-refractivity contribution in [1.82, 2.24) is 19.7 Å². The van der Waals surface area contributed by atoms with Gasteiger partial charge in [0.15, 0.2) is 5.82 Å². The molecule has 0 amide bonds. The van der Waals surface area contributed by atoms with E-state index in [9.17, 15) is 10.5 Å². The maximum atomic E-state index is 9.90. The van der Waals surface area contributed by atoms with Crippen LogP contribution in [0, 0.1) is 22.7 Å². The molecule has 2 aromatic heterocycles. The Balaban J connectivity index is 1.90. The minimum atomic E-state index is 0.113. The summed E-state index contributed by atoms with van der Waals surface area (Å²) in [6.07, 6.45) is 1.34. The molecule has 4 aromatic rings. The van der Waals surface area contributed by atoms with Crippen molar-refractivity contribution in [2.24, 2.45) is 0 Å². The second-order valence-electron chi connectivity index (χ2n) is 6.39. The molecular weight excluding hydrogens is 392 g/mol. The van der Waals surface area contributed by atoms with Crippen LogP contribution in [0.2, 0.25) is 0 Å². The van der Waals surface area contributed by atoms with Crippen molar-refractivity contribution in [1.29, 1.82) is 10.5 Å². The molecule has 9 nitrogen and oxygen atoms in total. The van der Waals surface area contributed by atoms with Crippen LogP contribution in [-0.2, 0) is 0 Å². The number of nitriles is 2. The van der Waals surface area contributed by atoms with Gasteiger partial charge in [0.05, 0.1) is 19.0 Å². The van der Waals surface area contributed by atoms with Gasteiger partial charge in [0, 0.05) is 11.3 Å². The average Bonchev–Trinajstić information content (AvgIpc) is 3.20. The number of hydrogen-bond donors (Lipinski definition) is 2. The maximum absolute atomic E-state index is 9.90. The molecule has 0 spiro atoms. The molecule has 2 heterocycles. The van der Waals surface area contributed by atoms with Crippen LogP contribution < -0.4 is 15.8 Å². The number of hydrogen-bond acceptors (Lipinski definition) is 8. The molecule has 0 radical (unpaired) electrons. The van der Waals surface area contributed by atoms with Crippen molar-refractivity contribution < 1.29 is 4.74 Å². The van der Waals surface area contributed by atoms with Gasteiger partial charge in [-0.3, -0.25) is 0 Å². The van der Waals surface area contributed by atoms with Gasteiger partial charge in [-0.05, 0) is 24.3 Å². The van der Waals surface area contributed by atoms with Crippen LogP contribution in [-0.4, -0.2) is 26.9 Å². The van der Waals surface area contributed by atoms with Gasteiger partial charge >= 0.3 is 0 Å². The first kappa shape index (κ1) is 19.4. The van der Waals surface area contributed by atoms with Crippen LogP contribution >= 0.6 is 0 Å². The van der Waals surface area contributed by atoms with Crippen molar-refractivity contribution >= 4 is 17.3 Å². The number of benzene rings is 2. The Morgan fingerprint density at radius 2 is 1.74 bits per heavy atom. The summed E-state index contributed by atoms with van der Waals surface area (Å²) in [6, 6.07) is 20.6. The molecule has 0 bridgehead atoms. The van der Waals surface area contributed by atoms with Gasteiger partial charge < -0.3 is 15.8 Å². The highest BCUT2D eigenvalue weighted by atomic mass is 16.5. The van der Waals surface area contributed by atoms with Crippen molar-refractivity contribution in [3.05, 3.63) is 71.9 Å². The van der Waals surface area contributed by atoms with Gasteiger partial charge in [-0.15, -0.1) is 0 Å². The molecule has 0 aliphatic heterocycles. The van der Waals surface area contributed by atoms with Gasteiger partial charge in [0.1, 0.15) is 34.8 Å². The van der Waals surface area contributed by atoms with E-state index in [2.05, 4.69) is 26.5 Å². The van der Waals surface area contributed by atoms with Crippen LogP contribution in [0.4, 0.5) is 17.3 Å². The minimum absolute atomic E-state index is 0.113. The number of nitrogens with zero attached hydrogens (tertiary/aromatic N) is 6. The number of methoxy groups -OCH3 is 1. The number of nitrogens with one attached hydrogen (secondary N) is 1. The Labute approximate surface area is 178 Å². The van der Waals surface area contributed by atoms with Gasteiger partial charge in [0.2, 0.25) is 0 Å². The molecule has 0 unspecified atom stereocenters. The molecule has 0 saturated heterocycles. The summed E-state index contributed by atoms with van der Waals surface area (Å²) >= 11 is 0. The lowest BCUT2D eigenvalue weighted by atomic mass is 10.1. The first-order valence-electron chi connectivity index (χ1n) is 9.17. The number of anilines is 3. The Morgan fingerprint density at radius 1 is 1.00 bits per heavy atom. The van der Waals surface area contributed by atoms with Crippen LogP contribution in [0.5, 0.6) is 5.75 Å².